The summed E-state index contributed by atoms with van der Waals surface area (Å²) in [5.41, 5.74) is 1.55. The molecular formula is C38H52O21. The molecule has 5 aliphatic heterocycles. The number of benzene rings is 2. The molecule has 2 aromatic carbocycles. The molecule has 21 heteroatoms. The Kier molecular flexibility index (Phi) is 13.8. The minimum absolute atomic E-state index is 0.00812. The van der Waals surface area contributed by atoms with Crippen molar-refractivity contribution in [1.29, 1.82) is 0 Å². The summed E-state index contributed by atoms with van der Waals surface area (Å²) >= 11 is 0. The van der Waals surface area contributed by atoms with Gasteiger partial charge in [0.2, 0.25) is 6.29 Å². The summed E-state index contributed by atoms with van der Waals surface area (Å²) in [6.07, 6.45) is -26.0. The van der Waals surface area contributed by atoms with Gasteiger partial charge < -0.3 is 104 Å². The molecule has 5 aliphatic rings. The fourth-order valence-electron chi connectivity index (χ4n) is 8.20. The molecule has 7 rings (SSSR count). The highest BCUT2D eigenvalue weighted by molar-refractivity contribution is 5.45. The van der Waals surface area contributed by atoms with E-state index in [1.54, 1.807) is 36.4 Å². The Morgan fingerprint density at radius 1 is 0.559 bits per heavy atom. The Morgan fingerprint density at radius 3 is 1.64 bits per heavy atom. The highest BCUT2D eigenvalue weighted by Gasteiger charge is 2.53. The molecule has 11 N–H and O–H groups in total. The lowest BCUT2D eigenvalue weighted by Gasteiger charge is -2.46. The predicted octanol–water partition coefficient (Wildman–Crippen LogP) is -3.69. The fraction of sp³-hybridized carbons (Fsp3) is 0.684. The van der Waals surface area contributed by atoms with Crippen molar-refractivity contribution in [3.63, 3.8) is 0 Å². The maximum Gasteiger partial charge on any atom is 0.229 e. The largest absolute Gasteiger partial charge is 0.504 e. The zero-order chi connectivity index (χ0) is 42.3. The number of methoxy groups -OCH3 is 2. The molecule has 330 valence electrons. The molecule has 5 saturated heterocycles. The average molecular weight is 845 g/mol. The molecule has 0 amide bonds. The van der Waals surface area contributed by atoms with Gasteiger partial charge in [0.05, 0.1) is 59.5 Å². The van der Waals surface area contributed by atoms with Crippen LogP contribution in [0.15, 0.2) is 36.4 Å². The lowest BCUT2D eigenvalue weighted by molar-refractivity contribution is -0.363. The summed E-state index contributed by atoms with van der Waals surface area (Å²) in [7, 11) is 2.85. The summed E-state index contributed by atoms with van der Waals surface area (Å²) in [5, 5.41) is 114. The van der Waals surface area contributed by atoms with E-state index in [1.807, 2.05) is 0 Å². The average Bonchev–Trinajstić information content (AvgIpc) is 3.86. The fourth-order valence-corrected chi connectivity index (χ4v) is 8.20. The zero-order valence-corrected chi connectivity index (χ0v) is 32.0. The van der Waals surface area contributed by atoms with Crippen molar-refractivity contribution < 1.29 is 104 Å². The lowest BCUT2D eigenvalue weighted by atomic mass is 9.85. The zero-order valence-electron chi connectivity index (χ0n) is 32.0. The van der Waals surface area contributed by atoms with Gasteiger partial charge in [0.25, 0.3) is 0 Å². The predicted molar refractivity (Wildman–Crippen MR) is 192 cm³/mol. The van der Waals surface area contributed by atoms with Gasteiger partial charge in [-0.15, -0.1) is 0 Å². The van der Waals surface area contributed by atoms with E-state index < -0.39 is 118 Å². The molecule has 0 unspecified atom stereocenters. The van der Waals surface area contributed by atoms with Gasteiger partial charge >= 0.3 is 0 Å². The van der Waals surface area contributed by atoms with Gasteiger partial charge in [-0.05, 0) is 35.4 Å². The van der Waals surface area contributed by atoms with E-state index in [9.17, 15) is 56.2 Å². The van der Waals surface area contributed by atoms with Crippen LogP contribution in [0, 0.1) is 11.8 Å². The first kappa shape index (κ1) is 44.0. The van der Waals surface area contributed by atoms with Crippen LogP contribution in [0.5, 0.6) is 23.0 Å². The van der Waals surface area contributed by atoms with Crippen molar-refractivity contribution in [3.8, 4) is 23.0 Å². The molecule has 0 radical (unpaired) electrons. The van der Waals surface area contributed by atoms with Crippen molar-refractivity contribution in [3.05, 3.63) is 47.5 Å². The smallest absolute Gasteiger partial charge is 0.229 e. The number of phenolic OH excluding ortho intramolecular Hbond substituents is 1. The van der Waals surface area contributed by atoms with Crippen molar-refractivity contribution in [2.45, 2.75) is 104 Å². The lowest BCUT2D eigenvalue weighted by Crippen LogP contribution is -2.65. The molecule has 5 fully saturated rings. The van der Waals surface area contributed by atoms with E-state index in [-0.39, 0.29) is 35.2 Å². The van der Waals surface area contributed by atoms with Gasteiger partial charge in [-0.2, -0.15) is 0 Å². The van der Waals surface area contributed by atoms with E-state index >= 15 is 0 Å². The third kappa shape index (κ3) is 8.59. The molecule has 0 spiro atoms. The topological polar surface area (TPSA) is 315 Å². The van der Waals surface area contributed by atoms with Gasteiger partial charge in [0.1, 0.15) is 67.1 Å². The Balaban J connectivity index is 1.11. The third-order valence-corrected chi connectivity index (χ3v) is 11.6. The van der Waals surface area contributed by atoms with Gasteiger partial charge in [0.15, 0.2) is 41.7 Å². The number of aliphatic hydroxyl groups is 10. The number of phenols is 1. The van der Waals surface area contributed by atoms with E-state index in [4.69, 9.17) is 47.4 Å². The van der Waals surface area contributed by atoms with Crippen LogP contribution in [0.4, 0.5) is 0 Å². The molecule has 5 heterocycles. The monoisotopic (exact) mass is 844 g/mol. The number of hydrogen-bond acceptors (Lipinski definition) is 21. The van der Waals surface area contributed by atoms with Gasteiger partial charge in [0, 0.05) is 11.8 Å². The van der Waals surface area contributed by atoms with Crippen LogP contribution in [0.25, 0.3) is 0 Å². The van der Waals surface area contributed by atoms with Crippen LogP contribution in [0.3, 0.4) is 0 Å². The molecule has 59 heavy (non-hydrogen) atoms. The molecule has 0 aliphatic carbocycles. The summed E-state index contributed by atoms with van der Waals surface area (Å²) in [6.45, 7) is -1.36. The first-order chi connectivity index (χ1) is 28.3. The van der Waals surface area contributed by atoms with Gasteiger partial charge in [-0.1, -0.05) is 12.1 Å². The maximum atomic E-state index is 11.5. The second-order valence-corrected chi connectivity index (χ2v) is 15.1. The molecule has 19 atom stereocenters. The van der Waals surface area contributed by atoms with Crippen molar-refractivity contribution in [2.75, 3.05) is 47.3 Å². The normalized spacial score (nSPS) is 42.3. The van der Waals surface area contributed by atoms with Crippen molar-refractivity contribution in [2.24, 2.45) is 11.8 Å². The van der Waals surface area contributed by atoms with Gasteiger partial charge in [-0.25, -0.2) is 0 Å². The quantitative estimate of drug-likeness (QED) is 0.0925. The second kappa shape index (κ2) is 18.5. The van der Waals surface area contributed by atoms with Crippen molar-refractivity contribution in [1.82, 2.24) is 0 Å². The molecule has 2 aromatic rings. The molecule has 21 nitrogen and oxygen atoms in total. The highest BCUT2D eigenvalue weighted by atomic mass is 16.8. The second-order valence-electron chi connectivity index (χ2n) is 15.1. The third-order valence-electron chi connectivity index (χ3n) is 11.6. The number of rotatable bonds is 13. The number of aromatic hydroxyl groups is 1. The van der Waals surface area contributed by atoms with Crippen LogP contribution < -0.4 is 14.2 Å². The Morgan fingerprint density at radius 2 is 1.07 bits per heavy atom. The Labute approximate surface area is 337 Å². The van der Waals surface area contributed by atoms with Gasteiger partial charge in [-0.3, -0.25) is 0 Å². The summed E-state index contributed by atoms with van der Waals surface area (Å²) in [5.74, 6) is 0.472. The van der Waals surface area contributed by atoms with Crippen LogP contribution in [-0.2, 0) is 33.2 Å². The van der Waals surface area contributed by atoms with E-state index in [1.165, 1.54) is 14.2 Å². The SMILES string of the molecule is COc1cc([C@H]2OC[C@H]3[C@@H]2CO[C@@H]3c2ccc(O[C@@H]3O[C@H](CO[C@@H]4O[C@H](CO)[C@@H](O)[C@H](O)[C@H]4O)[C@@H](O)[C@H](O)[C@H]3O[C@@H]3O[C@H](CO)[C@@H](O)[C@H](O)[C@H]3O)c(OC)c2)ccc1O. The molecular weight excluding hydrogens is 792 g/mol. The minimum Gasteiger partial charge on any atom is -0.504 e. The Bertz CT molecular complexity index is 1700. The number of aliphatic hydroxyl groups excluding tert-OH is 10. The van der Waals surface area contributed by atoms with E-state index in [2.05, 4.69) is 0 Å². The first-order valence-corrected chi connectivity index (χ1v) is 19.1. The van der Waals surface area contributed by atoms with Crippen molar-refractivity contribution >= 4 is 0 Å². The van der Waals surface area contributed by atoms with Crippen LogP contribution in [0.1, 0.15) is 23.3 Å². The molecule has 0 saturated carbocycles. The van der Waals surface area contributed by atoms with E-state index in [0.717, 1.165) is 5.56 Å². The molecule has 0 aromatic heterocycles. The highest BCUT2D eigenvalue weighted by Crippen LogP contribution is 2.51. The molecule has 0 bridgehead atoms. The van der Waals surface area contributed by atoms with Crippen LogP contribution in [-0.4, -0.2) is 196 Å². The number of fused-ring (bicyclic) bond motifs is 1. The van der Waals surface area contributed by atoms with E-state index in [0.29, 0.717) is 24.5 Å². The van der Waals surface area contributed by atoms with Crippen LogP contribution >= 0.6 is 0 Å². The first-order valence-electron chi connectivity index (χ1n) is 19.1. The minimum atomic E-state index is -1.90. The Hall–Kier alpha value is -3.04. The standard InChI is InChI=1S/C38H52O21/c1-50-20-7-14(3-5-18(20)41)33-16-11-53-34(17(16)12-52-33)15-4-6-19(21(8-15)51-2)55-38-35(59-37-32(49)29(46)26(43)23(10-40)57-37)30(47)27(44)24(58-38)13-54-36-31(48)28(45)25(42)22(9-39)56-36/h3-8,16-17,22-49H,9-13H2,1-2H3/t16-,17-,22+,23+,24+,25+,26+,27+,28-,29-,30-,31+,32+,33+,34+,35+,36+,37-,38+/m0/s1. The number of hydrogen-bond donors (Lipinski definition) is 11. The number of ether oxygens (including phenoxy) is 10. The maximum absolute atomic E-state index is 11.5. The summed E-state index contributed by atoms with van der Waals surface area (Å²) in [6, 6.07) is 10.0. The summed E-state index contributed by atoms with van der Waals surface area (Å²) < 4.78 is 58.1. The summed E-state index contributed by atoms with van der Waals surface area (Å²) in [4.78, 5) is 0. The van der Waals surface area contributed by atoms with Crippen LogP contribution in [0.2, 0.25) is 0 Å².